The van der Waals surface area contributed by atoms with Crippen LogP contribution in [0.25, 0.3) is 0 Å². The Morgan fingerprint density at radius 2 is 1.60 bits per heavy atom. The third kappa shape index (κ3) is 4.34. The van der Waals surface area contributed by atoms with Crippen molar-refractivity contribution >= 4 is 11.8 Å². The molecule has 0 N–H and O–H groups in total. The van der Waals surface area contributed by atoms with Gasteiger partial charge in [-0.1, -0.05) is 60.3 Å². The van der Waals surface area contributed by atoms with Gasteiger partial charge >= 0.3 is 0 Å². The maximum absolute atomic E-state index is 9.46. The van der Waals surface area contributed by atoms with Gasteiger partial charge in [-0.2, -0.15) is 5.26 Å². The van der Waals surface area contributed by atoms with E-state index in [1.165, 1.54) is 11.8 Å². The predicted molar refractivity (Wildman–Crippen MR) is 99.0 cm³/mol. The molecule has 0 heterocycles. The van der Waals surface area contributed by atoms with Crippen molar-refractivity contribution in [1.29, 1.82) is 5.26 Å². The first-order chi connectivity index (χ1) is 12.3. The summed E-state index contributed by atoms with van der Waals surface area (Å²) in [5.74, 6) is 1.19. The molecule has 0 saturated heterocycles. The van der Waals surface area contributed by atoms with E-state index in [9.17, 15) is 5.26 Å². The Bertz CT molecular complexity index is 874. The molecular formula is C21H17NO2S. The van der Waals surface area contributed by atoms with Gasteiger partial charge in [0.15, 0.2) is 11.5 Å². The summed E-state index contributed by atoms with van der Waals surface area (Å²) in [4.78, 5) is 1.91. The summed E-state index contributed by atoms with van der Waals surface area (Å²) in [5, 5.41) is 9.46. The van der Waals surface area contributed by atoms with Gasteiger partial charge in [0.05, 0.1) is 12.7 Å². The van der Waals surface area contributed by atoms with Crippen molar-refractivity contribution in [3.8, 4) is 17.6 Å². The minimum atomic E-state index is 0.443. The molecule has 0 unspecified atom stereocenters. The molecular weight excluding hydrogens is 330 g/mol. The summed E-state index contributed by atoms with van der Waals surface area (Å²) in [6.07, 6.45) is 0. The van der Waals surface area contributed by atoms with E-state index in [-0.39, 0.29) is 0 Å². The Balaban J connectivity index is 1.88. The maximum Gasteiger partial charge on any atom is 0.162 e. The Morgan fingerprint density at radius 1 is 0.920 bits per heavy atom. The van der Waals surface area contributed by atoms with E-state index in [2.05, 4.69) is 6.07 Å². The number of nitriles is 1. The first-order valence-corrected chi connectivity index (χ1v) is 8.63. The molecule has 0 bridgehead atoms. The number of benzene rings is 3. The second-order valence-corrected chi connectivity index (χ2v) is 6.42. The molecule has 25 heavy (non-hydrogen) atoms. The van der Waals surface area contributed by atoms with E-state index in [1.54, 1.807) is 13.2 Å². The topological polar surface area (TPSA) is 42.2 Å². The number of rotatable bonds is 6. The smallest absolute Gasteiger partial charge is 0.162 e. The van der Waals surface area contributed by atoms with E-state index >= 15 is 0 Å². The molecule has 0 aliphatic heterocycles. The largest absolute Gasteiger partial charge is 0.493 e. The summed E-state index contributed by atoms with van der Waals surface area (Å²) >= 11 is 1.54. The highest BCUT2D eigenvalue weighted by molar-refractivity contribution is 7.99. The number of hydrogen-bond donors (Lipinski definition) is 0. The summed E-state index contributed by atoms with van der Waals surface area (Å²) < 4.78 is 11.3. The minimum Gasteiger partial charge on any atom is -0.493 e. The van der Waals surface area contributed by atoms with Crippen LogP contribution in [0, 0.1) is 11.3 Å². The number of methoxy groups -OCH3 is 1. The first-order valence-electron chi connectivity index (χ1n) is 7.82. The first kappa shape index (κ1) is 16.9. The molecule has 0 amide bonds. The lowest BCUT2D eigenvalue weighted by molar-refractivity contribution is 0.283. The molecule has 0 saturated carbocycles. The van der Waals surface area contributed by atoms with Gasteiger partial charge in [0.2, 0.25) is 0 Å². The molecule has 0 aromatic heterocycles. The maximum atomic E-state index is 9.46. The highest BCUT2D eigenvalue weighted by Crippen LogP contribution is 2.38. The number of hydrogen-bond acceptors (Lipinski definition) is 4. The Hall–Kier alpha value is -2.90. The van der Waals surface area contributed by atoms with Gasteiger partial charge in [0, 0.05) is 15.9 Å². The Kier molecular flexibility index (Phi) is 5.61. The fourth-order valence-corrected chi connectivity index (χ4v) is 3.26. The molecule has 3 aromatic carbocycles. The van der Waals surface area contributed by atoms with Gasteiger partial charge < -0.3 is 9.47 Å². The number of nitrogens with zero attached hydrogens (tertiary/aromatic N) is 1. The molecule has 124 valence electrons. The van der Waals surface area contributed by atoms with Gasteiger partial charge in [-0.3, -0.25) is 0 Å². The molecule has 3 rings (SSSR count). The fourth-order valence-electron chi connectivity index (χ4n) is 2.34. The monoisotopic (exact) mass is 347 g/mol. The highest BCUT2D eigenvalue weighted by atomic mass is 32.2. The third-order valence-electron chi connectivity index (χ3n) is 3.59. The zero-order valence-electron chi connectivity index (χ0n) is 13.8. The molecule has 0 aliphatic carbocycles. The van der Waals surface area contributed by atoms with Crippen molar-refractivity contribution in [2.45, 2.75) is 16.4 Å². The van der Waals surface area contributed by atoms with Crippen molar-refractivity contribution in [2.24, 2.45) is 0 Å². The van der Waals surface area contributed by atoms with Crippen LogP contribution in [-0.4, -0.2) is 7.11 Å². The molecule has 3 nitrogen and oxygen atoms in total. The van der Waals surface area contributed by atoms with Crippen molar-refractivity contribution in [2.75, 3.05) is 7.11 Å². The van der Waals surface area contributed by atoms with Crippen LogP contribution in [0.4, 0.5) is 0 Å². The van der Waals surface area contributed by atoms with Crippen LogP contribution in [0.3, 0.4) is 0 Å². The lowest BCUT2D eigenvalue weighted by atomic mass is 10.2. The number of ether oxygens (including phenoxy) is 2. The SMILES string of the molecule is COc1cc(C#N)c(Sc2ccccc2)cc1OCc1ccccc1. The van der Waals surface area contributed by atoms with E-state index in [0.717, 1.165) is 15.4 Å². The summed E-state index contributed by atoms with van der Waals surface area (Å²) in [6.45, 7) is 0.443. The van der Waals surface area contributed by atoms with Gasteiger partial charge in [-0.05, 0) is 23.8 Å². The van der Waals surface area contributed by atoms with Crippen LogP contribution in [0.5, 0.6) is 11.5 Å². The van der Waals surface area contributed by atoms with Crippen molar-refractivity contribution in [3.05, 3.63) is 83.9 Å². The average Bonchev–Trinajstić information content (AvgIpc) is 2.68. The molecule has 3 aromatic rings. The van der Waals surface area contributed by atoms with Crippen LogP contribution < -0.4 is 9.47 Å². The van der Waals surface area contributed by atoms with Crippen molar-refractivity contribution in [1.82, 2.24) is 0 Å². The van der Waals surface area contributed by atoms with Crippen LogP contribution >= 0.6 is 11.8 Å². The quantitative estimate of drug-likeness (QED) is 0.607. The molecule has 0 atom stereocenters. The predicted octanol–water partition coefficient (Wildman–Crippen LogP) is 5.30. The summed E-state index contributed by atoms with van der Waals surface area (Å²) in [5.41, 5.74) is 1.64. The van der Waals surface area contributed by atoms with E-state index in [1.807, 2.05) is 66.7 Å². The highest BCUT2D eigenvalue weighted by Gasteiger charge is 2.13. The summed E-state index contributed by atoms with van der Waals surface area (Å²) in [7, 11) is 1.58. The second kappa shape index (κ2) is 8.27. The van der Waals surface area contributed by atoms with Crippen LogP contribution in [0.15, 0.2) is 82.6 Å². The molecule has 4 heteroatoms. The average molecular weight is 347 g/mol. The lowest BCUT2D eigenvalue weighted by Gasteiger charge is -2.14. The normalized spacial score (nSPS) is 10.1. The molecule has 0 fully saturated rings. The second-order valence-electron chi connectivity index (χ2n) is 5.30. The Morgan fingerprint density at radius 3 is 2.24 bits per heavy atom. The van der Waals surface area contributed by atoms with Crippen LogP contribution in [-0.2, 0) is 6.61 Å². The van der Waals surface area contributed by atoms with Gasteiger partial charge in [0.1, 0.15) is 12.7 Å². The van der Waals surface area contributed by atoms with Crippen LogP contribution in [0.1, 0.15) is 11.1 Å². The standard InChI is InChI=1S/C21H17NO2S/c1-23-19-12-17(14-22)21(25-18-10-6-3-7-11-18)13-20(19)24-15-16-8-4-2-5-9-16/h2-13H,15H2,1H3. The molecule has 0 aliphatic rings. The molecule has 0 radical (unpaired) electrons. The minimum absolute atomic E-state index is 0.443. The Labute approximate surface area is 151 Å². The molecule has 0 spiro atoms. The zero-order valence-corrected chi connectivity index (χ0v) is 14.6. The summed E-state index contributed by atoms with van der Waals surface area (Å²) in [6, 6.07) is 25.7. The third-order valence-corrected chi connectivity index (χ3v) is 4.66. The zero-order chi connectivity index (χ0) is 17.5. The van der Waals surface area contributed by atoms with Crippen molar-refractivity contribution in [3.63, 3.8) is 0 Å². The fraction of sp³-hybridized carbons (Fsp3) is 0.0952. The van der Waals surface area contributed by atoms with Gasteiger partial charge in [0.25, 0.3) is 0 Å². The van der Waals surface area contributed by atoms with Crippen LogP contribution in [0.2, 0.25) is 0 Å². The van der Waals surface area contributed by atoms with E-state index < -0.39 is 0 Å². The van der Waals surface area contributed by atoms with E-state index in [4.69, 9.17) is 9.47 Å². The van der Waals surface area contributed by atoms with Crippen molar-refractivity contribution < 1.29 is 9.47 Å². The lowest BCUT2D eigenvalue weighted by Crippen LogP contribution is -1.99. The van der Waals surface area contributed by atoms with E-state index in [0.29, 0.717) is 23.7 Å². The van der Waals surface area contributed by atoms with Gasteiger partial charge in [-0.25, -0.2) is 0 Å². The van der Waals surface area contributed by atoms with Gasteiger partial charge in [-0.15, -0.1) is 0 Å².